The van der Waals surface area contributed by atoms with E-state index in [2.05, 4.69) is 46.4 Å². The summed E-state index contributed by atoms with van der Waals surface area (Å²) in [7, 11) is 0. The fourth-order valence-electron chi connectivity index (χ4n) is 1.14. The van der Waals surface area contributed by atoms with Crippen molar-refractivity contribution in [1.82, 2.24) is 0 Å². The summed E-state index contributed by atoms with van der Waals surface area (Å²) in [5, 5.41) is 1.32. The molecule has 0 rings (SSSR count). The average molecular weight is 198 g/mol. The van der Waals surface area contributed by atoms with Crippen LogP contribution in [0.3, 0.4) is 0 Å². The molecule has 76 valence electrons. The standard InChI is InChI=1S/C12H22S/c1-6-7-8-12(9-10(2)3)13-11(4)5/h7-8,11-12H,2,6,9H2,1,3-5H3/b8-7+. The van der Waals surface area contributed by atoms with Gasteiger partial charge >= 0.3 is 0 Å². The van der Waals surface area contributed by atoms with Crippen molar-refractivity contribution in [2.45, 2.75) is 51.0 Å². The largest absolute Gasteiger partial charge is 0.151 e. The van der Waals surface area contributed by atoms with Gasteiger partial charge in [-0.2, -0.15) is 11.8 Å². The summed E-state index contributed by atoms with van der Waals surface area (Å²) in [6.07, 6.45) is 6.81. The Morgan fingerprint density at radius 2 is 2.08 bits per heavy atom. The molecule has 0 saturated carbocycles. The van der Waals surface area contributed by atoms with Crippen molar-refractivity contribution in [1.29, 1.82) is 0 Å². The first-order chi connectivity index (χ1) is 6.06. The second-order valence-electron chi connectivity index (χ2n) is 3.72. The minimum atomic E-state index is 0.623. The number of hydrogen-bond donors (Lipinski definition) is 0. The highest BCUT2D eigenvalue weighted by Gasteiger charge is 2.07. The highest BCUT2D eigenvalue weighted by molar-refractivity contribution is 8.00. The molecule has 0 aliphatic carbocycles. The van der Waals surface area contributed by atoms with Crippen LogP contribution in [0.4, 0.5) is 0 Å². The van der Waals surface area contributed by atoms with Crippen LogP contribution in [-0.4, -0.2) is 10.5 Å². The Morgan fingerprint density at radius 3 is 2.46 bits per heavy atom. The van der Waals surface area contributed by atoms with Gasteiger partial charge in [-0.15, -0.1) is 6.58 Å². The third-order valence-corrected chi connectivity index (χ3v) is 2.80. The van der Waals surface area contributed by atoms with E-state index in [1.54, 1.807) is 0 Å². The third kappa shape index (κ3) is 8.17. The summed E-state index contributed by atoms with van der Waals surface area (Å²) in [5.41, 5.74) is 1.28. The van der Waals surface area contributed by atoms with Gasteiger partial charge < -0.3 is 0 Å². The van der Waals surface area contributed by atoms with Crippen LogP contribution in [0.15, 0.2) is 24.3 Å². The molecular weight excluding hydrogens is 176 g/mol. The van der Waals surface area contributed by atoms with E-state index >= 15 is 0 Å². The van der Waals surface area contributed by atoms with Crippen molar-refractivity contribution in [3.05, 3.63) is 24.3 Å². The van der Waals surface area contributed by atoms with Crippen molar-refractivity contribution in [3.63, 3.8) is 0 Å². The van der Waals surface area contributed by atoms with Gasteiger partial charge in [0.2, 0.25) is 0 Å². The van der Waals surface area contributed by atoms with Gasteiger partial charge in [-0.1, -0.05) is 38.5 Å². The molecule has 13 heavy (non-hydrogen) atoms. The van der Waals surface area contributed by atoms with Gasteiger partial charge in [0.15, 0.2) is 0 Å². The first-order valence-corrected chi connectivity index (χ1v) is 5.97. The van der Waals surface area contributed by atoms with E-state index in [0.29, 0.717) is 10.5 Å². The van der Waals surface area contributed by atoms with Crippen LogP contribution >= 0.6 is 11.8 Å². The summed E-state index contributed by atoms with van der Waals surface area (Å²) in [6.45, 7) is 12.7. The molecule has 1 heteroatoms. The molecule has 0 fully saturated rings. The first kappa shape index (κ1) is 12.8. The van der Waals surface area contributed by atoms with E-state index in [1.165, 1.54) is 5.57 Å². The molecule has 0 aromatic rings. The maximum atomic E-state index is 3.96. The monoisotopic (exact) mass is 198 g/mol. The highest BCUT2D eigenvalue weighted by Crippen LogP contribution is 2.23. The lowest BCUT2D eigenvalue weighted by Gasteiger charge is -2.14. The Bertz CT molecular complexity index is 168. The zero-order valence-corrected chi connectivity index (χ0v) is 10.2. The van der Waals surface area contributed by atoms with Crippen LogP contribution in [0.25, 0.3) is 0 Å². The van der Waals surface area contributed by atoms with Crippen LogP contribution in [0.2, 0.25) is 0 Å². The minimum absolute atomic E-state index is 0.623. The molecule has 0 spiro atoms. The molecule has 0 bridgehead atoms. The lowest BCUT2D eigenvalue weighted by Crippen LogP contribution is -2.03. The molecule has 0 amide bonds. The molecule has 1 atom stereocenters. The molecule has 0 aromatic heterocycles. The first-order valence-electron chi connectivity index (χ1n) is 5.02. The topological polar surface area (TPSA) is 0 Å². The summed E-state index contributed by atoms with van der Waals surface area (Å²) in [4.78, 5) is 0. The van der Waals surface area contributed by atoms with Gasteiger partial charge in [0.1, 0.15) is 0 Å². The Balaban J connectivity index is 4.02. The van der Waals surface area contributed by atoms with E-state index in [9.17, 15) is 0 Å². The zero-order chi connectivity index (χ0) is 10.3. The Kier molecular flexibility index (Phi) is 7.16. The van der Waals surface area contributed by atoms with Gasteiger partial charge in [-0.3, -0.25) is 0 Å². The summed E-state index contributed by atoms with van der Waals surface area (Å²) < 4.78 is 0. The summed E-state index contributed by atoms with van der Waals surface area (Å²) in [5.74, 6) is 0. The normalized spacial score (nSPS) is 13.9. The molecule has 0 aromatic carbocycles. The number of thioether (sulfide) groups is 1. The van der Waals surface area contributed by atoms with Crippen molar-refractivity contribution in [2.24, 2.45) is 0 Å². The fourth-order valence-corrected chi connectivity index (χ4v) is 2.42. The van der Waals surface area contributed by atoms with Gasteiger partial charge in [-0.05, 0) is 25.0 Å². The van der Waals surface area contributed by atoms with Crippen LogP contribution in [0, 0.1) is 0 Å². The zero-order valence-electron chi connectivity index (χ0n) is 9.34. The maximum Gasteiger partial charge on any atom is 0.0266 e. The van der Waals surface area contributed by atoms with Crippen molar-refractivity contribution in [3.8, 4) is 0 Å². The number of rotatable bonds is 6. The van der Waals surface area contributed by atoms with Gasteiger partial charge in [0, 0.05) is 5.25 Å². The van der Waals surface area contributed by atoms with Crippen molar-refractivity contribution < 1.29 is 0 Å². The van der Waals surface area contributed by atoms with Crippen LogP contribution in [-0.2, 0) is 0 Å². The molecular formula is C12H22S. The van der Waals surface area contributed by atoms with Crippen LogP contribution in [0.5, 0.6) is 0 Å². The van der Waals surface area contributed by atoms with E-state index < -0.39 is 0 Å². The molecule has 1 unspecified atom stereocenters. The second-order valence-corrected chi connectivity index (χ2v) is 5.54. The van der Waals surface area contributed by atoms with E-state index in [0.717, 1.165) is 12.8 Å². The molecule has 0 N–H and O–H groups in total. The van der Waals surface area contributed by atoms with Crippen molar-refractivity contribution in [2.75, 3.05) is 0 Å². The van der Waals surface area contributed by atoms with E-state index in [4.69, 9.17) is 0 Å². The van der Waals surface area contributed by atoms with E-state index in [-0.39, 0.29) is 0 Å². The lowest BCUT2D eigenvalue weighted by molar-refractivity contribution is 0.976. The van der Waals surface area contributed by atoms with Gasteiger partial charge in [0.05, 0.1) is 0 Å². The average Bonchev–Trinajstić information content (AvgIpc) is 1.98. The molecule has 0 radical (unpaired) electrons. The predicted octanol–water partition coefficient (Wildman–Crippen LogP) is 4.43. The van der Waals surface area contributed by atoms with Gasteiger partial charge in [-0.25, -0.2) is 0 Å². The molecule has 0 aliphatic heterocycles. The van der Waals surface area contributed by atoms with Gasteiger partial charge in [0.25, 0.3) is 0 Å². The highest BCUT2D eigenvalue weighted by atomic mass is 32.2. The van der Waals surface area contributed by atoms with E-state index in [1.807, 2.05) is 11.8 Å². The minimum Gasteiger partial charge on any atom is -0.151 e. The lowest BCUT2D eigenvalue weighted by atomic mass is 10.2. The number of hydrogen-bond acceptors (Lipinski definition) is 1. The second kappa shape index (κ2) is 7.25. The Morgan fingerprint density at radius 1 is 1.46 bits per heavy atom. The fraction of sp³-hybridized carbons (Fsp3) is 0.667. The maximum absolute atomic E-state index is 3.96. The van der Waals surface area contributed by atoms with Crippen molar-refractivity contribution >= 4 is 11.8 Å². The Hall–Kier alpha value is -0.170. The smallest absolute Gasteiger partial charge is 0.0266 e. The molecule has 0 aliphatic rings. The predicted molar refractivity (Wildman–Crippen MR) is 65.4 cm³/mol. The summed E-state index contributed by atoms with van der Waals surface area (Å²) >= 11 is 2.02. The quantitative estimate of drug-likeness (QED) is 0.569. The Labute approximate surface area is 87.5 Å². The van der Waals surface area contributed by atoms with Crippen LogP contribution < -0.4 is 0 Å². The molecule has 0 nitrogen and oxygen atoms in total. The molecule has 0 saturated heterocycles. The third-order valence-electron chi connectivity index (χ3n) is 1.58. The van der Waals surface area contributed by atoms with Crippen LogP contribution in [0.1, 0.15) is 40.5 Å². The number of allylic oxidation sites excluding steroid dienone is 2. The molecule has 0 heterocycles. The SMILES string of the molecule is C=C(C)CC(/C=C/CC)SC(C)C. The summed E-state index contributed by atoms with van der Waals surface area (Å²) in [6, 6.07) is 0.